The third kappa shape index (κ3) is 6.64. The highest BCUT2D eigenvalue weighted by molar-refractivity contribution is 5.72. The minimum absolute atomic E-state index is 0.165. The number of esters is 1. The number of carbonyl (C=O) groups is 1. The van der Waals surface area contributed by atoms with E-state index in [1.165, 1.54) is 19.4 Å². The molecule has 1 aliphatic heterocycles. The smallest absolute Gasteiger partial charge is 0.320 e. The van der Waals surface area contributed by atoms with Crippen LogP contribution in [0.2, 0.25) is 0 Å². The van der Waals surface area contributed by atoms with Crippen LogP contribution in [0.3, 0.4) is 0 Å². The van der Waals surface area contributed by atoms with Gasteiger partial charge in [0.25, 0.3) is 0 Å². The summed E-state index contributed by atoms with van der Waals surface area (Å²) in [4.78, 5) is 13.8. The van der Waals surface area contributed by atoms with Crippen molar-refractivity contribution in [3.63, 3.8) is 0 Å². The van der Waals surface area contributed by atoms with E-state index in [-0.39, 0.29) is 11.6 Å². The van der Waals surface area contributed by atoms with Crippen molar-refractivity contribution in [2.75, 3.05) is 33.2 Å². The first kappa shape index (κ1) is 14.5. The van der Waals surface area contributed by atoms with E-state index in [0.717, 1.165) is 13.1 Å². The third-order valence-corrected chi connectivity index (χ3v) is 2.84. The number of rotatable bonds is 4. The highest BCUT2D eigenvalue weighted by Gasteiger charge is 2.18. The Morgan fingerprint density at radius 2 is 2.18 bits per heavy atom. The average molecular weight is 242 g/mol. The summed E-state index contributed by atoms with van der Waals surface area (Å²) in [6, 6.07) is 0. The Bertz CT molecular complexity index is 248. The summed E-state index contributed by atoms with van der Waals surface area (Å²) in [5.41, 5.74) is -0.385. The first-order valence-corrected chi connectivity index (χ1v) is 6.48. The number of ether oxygens (including phenoxy) is 1. The molecule has 0 aromatic heterocycles. The van der Waals surface area contributed by atoms with Crippen molar-refractivity contribution in [1.29, 1.82) is 0 Å². The summed E-state index contributed by atoms with van der Waals surface area (Å²) in [5, 5.41) is 3.20. The monoisotopic (exact) mass is 242 g/mol. The molecule has 1 heterocycles. The first-order chi connectivity index (χ1) is 7.87. The Morgan fingerprint density at radius 3 is 2.76 bits per heavy atom. The summed E-state index contributed by atoms with van der Waals surface area (Å²) in [5.74, 6) is 0.498. The quantitative estimate of drug-likeness (QED) is 0.754. The lowest BCUT2D eigenvalue weighted by Crippen LogP contribution is -2.39. The zero-order valence-electron chi connectivity index (χ0n) is 11.6. The fourth-order valence-electron chi connectivity index (χ4n) is 2.20. The Labute approximate surface area is 105 Å². The van der Waals surface area contributed by atoms with Gasteiger partial charge in [0.1, 0.15) is 5.60 Å². The van der Waals surface area contributed by atoms with Crippen LogP contribution in [0.5, 0.6) is 0 Å². The first-order valence-electron chi connectivity index (χ1n) is 6.48. The molecule has 1 unspecified atom stereocenters. The van der Waals surface area contributed by atoms with Crippen LogP contribution in [0.1, 0.15) is 33.6 Å². The topological polar surface area (TPSA) is 41.6 Å². The normalized spacial score (nSPS) is 22.5. The van der Waals surface area contributed by atoms with Crippen LogP contribution in [0.4, 0.5) is 0 Å². The summed E-state index contributed by atoms with van der Waals surface area (Å²) >= 11 is 0. The van der Waals surface area contributed by atoms with Gasteiger partial charge in [0.05, 0.1) is 6.54 Å². The van der Waals surface area contributed by atoms with Crippen molar-refractivity contribution in [3.8, 4) is 0 Å². The van der Waals surface area contributed by atoms with E-state index in [9.17, 15) is 4.79 Å². The van der Waals surface area contributed by atoms with E-state index in [0.29, 0.717) is 12.5 Å². The van der Waals surface area contributed by atoms with Crippen LogP contribution in [0.15, 0.2) is 0 Å². The lowest BCUT2D eigenvalue weighted by molar-refractivity contribution is -0.153. The SMILES string of the molecule is CN1CCCC(CNCC(=O)OC(C)(C)C)C1. The van der Waals surface area contributed by atoms with Gasteiger partial charge in [-0.1, -0.05) is 0 Å². The van der Waals surface area contributed by atoms with Gasteiger partial charge in [0, 0.05) is 6.54 Å². The Kier molecular flexibility index (Phi) is 5.40. The van der Waals surface area contributed by atoms with Gasteiger partial charge in [-0.05, 0) is 59.7 Å². The standard InChI is InChI=1S/C13H26N2O2/c1-13(2,3)17-12(16)9-14-8-11-6-5-7-15(4)10-11/h11,14H,5-10H2,1-4H3. The van der Waals surface area contributed by atoms with Gasteiger partial charge < -0.3 is 15.0 Å². The Balaban J connectivity index is 2.13. The van der Waals surface area contributed by atoms with Gasteiger partial charge in [-0.2, -0.15) is 0 Å². The third-order valence-electron chi connectivity index (χ3n) is 2.84. The summed E-state index contributed by atoms with van der Waals surface area (Å²) in [7, 11) is 2.15. The predicted molar refractivity (Wildman–Crippen MR) is 68.9 cm³/mol. The second-order valence-electron chi connectivity index (χ2n) is 5.99. The zero-order valence-corrected chi connectivity index (χ0v) is 11.6. The molecule has 4 heteroatoms. The van der Waals surface area contributed by atoms with Crippen LogP contribution in [-0.2, 0) is 9.53 Å². The van der Waals surface area contributed by atoms with Crippen molar-refractivity contribution in [3.05, 3.63) is 0 Å². The zero-order chi connectivity index (χ0) is 12.9. The number of nitrogens with one attached hydrogen (secondary N) is 1. The van der Waals surface area contributed by atoms with Gasteiger partial charge in [0.2, 0.25) is 0 Å². The van der Waals surface area contributed by atoms with Crippen LogP contribution in [0.25, 0.3) is 0 Å². The van der Waals surface area contributed by atoms with E-state index in [2.05, 4.69) is 17.3 Å². The van der Waals surface area contributed by atoms with Gasteiger partial charge in [-0.25, -0.2) is 0 Å². The van der Waals surface area contributed by atoms with E-state index < -0.39 is 0 Å². The number of likely N-dealkylation sites (tertiary alicyclic amines) is 1. The van der Waals surface area contributed by atoms with Crippen LogP contribution in [-0.4, -0.2) is 49.7 Å². The number of carbonyl (C=O) groups excluding carboxylic acids is 1. The molecule has 17 heavy (non-hydrogen) atoms. The maximum absolute atomic E-state index is 11.5. The number of piperidine rings is 1. The average Bonchev–Trinajstić information content (AvgIpc) is 2.14. The molecule has 0 aliphatic carbocycles. The molecule has 0 saturated carbocycles. The number of nitrogens with zero attached hydrogens (tertiary/aromatic N) is 1. The maximum Gasteiger partial charge on any atom is 0.320 e. The van der Waals surface area contributed by atoms with Crippen molar-refractivity contribution in [2.24, 2.45) is 5.92 Å². The van der Waals surface area contributed by atoms with Crippen LogP contribution in [0, 0.1) is 5.92 Å². The molecule has 4 nitrogen and oxygen atoms in total. The molecular weight excluding hydrogens is 216 g/mol. The summed E-state index contributed by atoms with van der Waals surface area (Å²) in [6.45, 7) is 9.22. The summed E-state index contributed by atoms with van der Waals surface area (Å²) < 4.78 is 5.24. The van der Waals surface area contributed by atoms with Crippen LogP contribution < -0.4 is 5.32 Å². The fraction of sp³-hybridized carbons (Fsp3) is 0.923. The predicted octanol–water partition coefficient (Wildman–Crippen LogP) is 1.26. The lowest BCUT2D eigenvalue weighted by Gasteiger charge is -2.29. The van der Waals surface area contributed by atoms with Gasteiger partial charge in [-0.15, -0.1) is 0 Å². The molecule has 1 aliphatic rings. The van der Waals surface area contributed by atoms with E-state index in [1.54, 1.807) is 0 Å². The minimum Gasteiger partial charge on any atom is -0.459 e. The Hall–Kier alpha value is -0.610. The molecule has 100 valence electrons. The molecule has 1 fully saturated rings. The molecule has 1 atom stereocenters. The largest absolute Gasteiger partial charge is 0.459 e. The molecule has 0 aromatic rings. The molecule has 0 radical (unpaired) electrons. The second-order valence-corrected chi connectivity index (χ2v) is 5.99. The van der Waals surface area contributed by atoms with Gasteiger partial charge in [-0.3, -0.25) is 4.79 Å². The highest BCUT2D eigenvalue weighted by atomic mass is 16.6. The molecule has 0 bridgehead atoms. The number of hydrogen-bond donors (Lipinski definition) is 1. The maximum atomic E-state index is 11.5. The van der Waals surface area contributed by atoms with E-state index in [1.807, 2.05) is 20.8 Å². The van der Waals surface area contributed by atoms with E-state index >= 15 is 0 Å². The second kappa shape index (κ2) is 6.36. The van der Waals surface area contributed by atoms with Crippen LogP contribution >= 0.6 is 0 Å². The molecule has 0 aromatic carbocycles. The lowest BCUT2D eigenvalue weighted by atomic mass is 9.98. The fourth-order valence-corrected chi connectivity index (χ4v) is 2.20. The van der Waals surface area contributed by atoms with Crippen molar-refractivity contribution >= 4 is 5.97 Å². The molecular formula is C13H26N2O2. The van der Waals surface area contributed by atoms with Crippen molar-refractivity contribution in [2.45, 2.75) is 39.2 Å². The van der Waals surface area contributed by atoms with Gasteiger partial charge in [0.15, 0.2) is 0 Å². The summed E-state index contributed by atoms with van der Waals surface area (Å²) in [6.07, 6.45) is 2.51. The molecule has 0 spiro atoms. The Morgan fingerprint density at radius 1 is 1.47 bits per heavy atom. The highest BCUT2D eigenvalue weighted by Crippen LogP contribution is 2.13. The molecule has 0 amide bonds. The van der Waals surface area contributed by atoms with Crippen molar-refractivity contribution in [1.82, 2.24) is 10.2 Å². The van der Waals surface area contributed by atoms with Crippen molar-refractivity contribution < 1.29 is 9.53 Å². The number of hydrogen-bond acceptors (Lipinski definition) is 4. The molecule has 1 saturated heterocycles. The molecule has 1 N–H and O–H groups in total. The van der Waals surface area contributed by atoms with E-state index in [4.69, 9.17) is 4.74 Å². The van der Waals surface area contributed by atoms with Gasteiger partial charge >= 0.3 is 5.97 Å². The molecule has 1 rings (SSSR count). The minimum atomic E-state index is -0.385.